The van der Waals surface area contributed by atoms with Crippen molar-refractivity contribution in [1.82, 2.24) is 9.97 Å². The maximum Gasteiger partial charge on any atom is 0.112 e. The highest BCUT2D eigenvalue weighted by molar-refractivity contribution is 9.10. The molecule has 0 radical (unpaired) electrons. The van der Waals surface area contributed by atoms with E-state index in [4.69, 9.17) is 0 Å². The lowest BCUT2D eigenvalue weighted by atomic mass is 10.2. The van der Waals surface area contributed by atoms with Gasteiger partial charge in [0.05, 0.1) is 11.2 Å². The molecule has 5 heteroatoms. The fourth-order valence-corrected chi connectivity index (χ4v) is 2.89. The first-order valence-corrected chi connectivity index (χ1v) is 8.44. The van der Waals surface area contributed by atoms with Crippen molar-refractivity contribution in [3.8, 4) is 0 Å². The van der Waals surface area contributed by atoms with E-state index in [9.17, 15) is 0 Å². The molecule has 0 fully saturated rings. The topological polar surface area (TPSA) is 29.0 Å². The van der Waals surface area contributed by atoms with E-state index in [1.54, 1.807) is 0 Å². The van der Waals surface area contributed by atoms with Gasteiger partial charge in [0, 0.05) is 30.0 Å². The summed E-state index contributed by atoms with van der Waals surface area (Å²) in [6.07, 6.45) is 6.99. The summed E-state index contributed by atoms with van der Waals surface area (Å²) < 4.78 is 0.961. The summed E-state index contributed by atoms with van der Waals surface area (Å²) in [5, 5.41) is 0. The van der Waals surface area contributed by atoms with Gasteiger partial charge in [-0.25, -0.2) is 0 Å². The lowest BCUT2D eigenvalue weighted by Crippen LogP contribution is -2.29. The molecule has 0 aliphatic heterocycles. The molecule has 2 aromatic heterocycles. The molecule has 2 rings (SSSR count). The SMILES string of the molecule is CSCCC(C)N(C)c1ccnc2cc(Br)cnc12. The Labute approximate surface area is 126 Å². The number of aromatic nitrogens is 2. The van der Waals surface area contributed by atoms with Crippen LogP contribution in [0, 0.1) is 0 Å². The highest BCUT2D eigenvalue weighted by Gasteiger charge is 2.13. The smallest absolute Gasteiger partial charge is 0.112 e. The molecule has 0 saturated heterocycles. The minimum Gasteiger partial charge on any atom is -0.370 e. The highest BCUT2D eigenvalue weighted by Crippen LogP contribution is 2.26. The van der Waals surface area contributed by atoms with Crippen molar-refractivity contribution in [3.05, 3.63) is 29.0 Å². The van der Waals surface area contributed by atoms with Gasteiger partial charge in [-0.15, -0.1) is 0 Å². The summed E-state index contributed by atoms with van der Waals surface area (Å²) in [6.45, 7) is 2.25. The van der Waals surface area contributed by atoms with Gasteiger partial charge in [-0.2, -0.15) is 11.8 Å². The molecule has 102 valence electrons. The van der Waals surface area contributed by atoms with Gasteiger partial charge in [-0.1, -0.05) is 0 Å². The van der Waals surface area contributed by atoms with Crippen LogP contribution < -0.4 is 4.90 Å². The molecule has 0 saturated carbocycles. The molecular formula is C14H18BrN3S. The van der Waals surface area contributed by atoms with E-state index in [1.165, 1.54) is 5.75 Å². The second-order valence-electron chi connectivity index (χ2n) is 4.59. The second kappa shape index (κ2) is 6.57. The molecule has 1 unspecified atom stereocenters. The number of halogens is 1. The van der Waals surface area contributed by atoms with Crippen LogP contribution in [0.3, 0.4) is 0 Å². The van der Waals surface area contributed by atoms with Gasteiger partial charge in [-0.3, -0.25) is 9.97 Å². The number of hydrogen-bond acceptors (Lipinski definition) is 4. The van der Waals surface area contributed by atoms with Crippen molar-refractivity contribution in [2.75, 3.05) is 24.0 Å². The van der Waals surface area contributed by atoms with Crippen molar-refractivity contribution in [3.63, 3.8) is 0 Å². The molecule has 19 heavy (non-hydrogen) atoms. The summed E-state index contributed by atoms with van der Waals surface area (Å²) in [7, 11) is 2.13. The summed E-state index contributed by atoms with van der Waals surface area (Å²) in [4.78, 5) is 11.2. The lowest BCUT2D eigenvalue weighted by Gasteiger charge is -2.27. The van der Waals surface area contributed by atoms with Crippen LogP contribution in [-0.4, -0.2) is 35.1 Å². The van der Waals surface area contributed by atoms with Crippen LogP contribution >= 0.6 is 27.7 Å². The number of fused-ring (bicyclic) bond motifs is 1. The zero-order valence-electron chi connectivity index (χ0n) is 11.4. The largest absolute Gasteiger partial charge is 0.370 e. The molecule has 0 N–H and O–H groups in total. The Bertz CT molecular complexity index is 561. The van der Waals surface area contributed by atoms with E-state index in [0.717, 1.165) is 27.6 Å². The zero-order chi connectivity index (χ0) is 13.8. The van der Waals surface area contributed by atoms with E-state index < -0.39 is 0 Å². The Hall–Kier alpha value is -0.810. The van der Waals surface area contributed by atoms with Crippen molar-refractivity contribution in [2.24, 2.45) is 0 Å². The fourth-order valence-electron chi connectivity index (χ4n) is 2.00. The molecule has 0 aliphatic rings. The predicted molar refractivity (Wildman–Crippen MR) is 88.1 cm³/mol. The van der Waals surface area contributed by atoms with E-state index in [0.29, 0.717) is 6.04 Å². The van der Waals surface area contributed by atoms with Crippen molar-refractivity contribution in [1.29, 1.82) is 0 Å². The van der Waals surface area contributed by atoms with Crippen LogP contribution in [0.4, 0.5) is 5.69 Å². The molecule has 2 aromatic rings. The first kappa shape index (κ1) is 14.6. The third-order valence-corrected chi connectivity index (χ3v) is 4.38. The fraction of sp³-hybridized carbons (Fsp3) is 0.429. The quantitative estimate of drug-likeness (QED) is 0.824. The molecule has 3 nitrogen and oxygen atoms in total. The third-order valence-electron chi connectivity index (χ3n) is 3.30. The van der Waals surface area contributed by atoms with Gasteiger partial charge < -0.3 is 4.90 Å². The van der Waals surface area contributed by atoms with Gasteiger partial charge in [-0.05, 0) is 53.4 Å². The maximum atomic E-state index is 4.51. The molecule has 0 bridgehead atoms. The van der Waals surface area contributed by atoms with E-state index in [-0.39, 0.29) is 0 Å². The molecule has 1 atom stereocenters. The first-order chi connectivity index (χ1) is 9.13. The van der Waals surface area contributed by atoms with Crippen LogP contribution in [0.15, 0.2) is 29.0 Å². The Kier molecular flexibility index (Phi) is 5.05. The molecule has 0 aromatic carbocycles. The normalized spacial score (nSPS) is 12.6. The number of anilines is 1. The van der Waals surface area contributed by atoms with Gasteiger partial charge in [0.1, 0.15) is 5.52 Å². The number of nitrogens with zero attached hydrogens (tertiary/aromatic N) is 3. The number of thioether (sulfide) groups is 1. The first-order valence-electron chi connectivity index (χ1n) is 6.25. The molecular weight excluding hydrogens is 322 g/mol. The Morgan fingerprint density at radius 1 is 1.42 bits per heavy atom. The van der Waals surface area contributed by atoms with Crippen molar-refractivity contribution >= 4 is 44.4 Å². The van der Waals surface area contributed by atoms with E-state index in [1.807, 2.05) is 36.3 Å². The van der Waals surface area contributed by atoms with Gasteiger partial charge in [0.25, 0.3) is 0 Å². The Morgan fingerprint density at radius 2 is 2.21 bits per heavy atom. The monoisotopic (exact) mass is 339 g/mol. The standard InChI is InChI=1S/C14H18BrN3S/c1-10(5-7-19-3)18(2)13-4-6-16-12-8-11(15)9-17-14(12)13/h4,6,8-10H,5,7H2,1-3H3. The Morgan fingerprint density at radius 3 is 2.95 bits per heavy atom. The third kappa shape index (κ3) is 3.39. The summed E-state index contributed by atoms with van der Waals surface area (Å²) in [6, 6.07) is 4.54. The Balaban J connectivity index is 2.33. The molecule has 0 amide bonds. The van der Waals surface area contributed by atoms with Crippen LogP contribution in [0.2, 0.25) is 0 Å². The predicted octanol–water partition coefficient (Wildman–Crippen LogP) is 3.97. The van der Waals surface area contributed by atoms with Crippen LogP contribution in [0.5, 0.6) is 0 Å². The van der Waals surface area contributed by atoms with Crippen LogP contribution in [-0.2, 0) is 0 Å². The summed E-state index contributed by atoms with van der Waals surface area (Å²) in [5.41, 5.74) is 3.03. The minimum absolute atomic E-state index is 0.489. The van der Waals surface area contributed by atoms with Gasteiger partial charge in [0.15, 0.2) is 0 Å². The summed E-state index contributed by atoms with van der Waals surface area (Å²) >= 11 is 5.33. The minimum atomic E-state index is 0.489. The molecule has 2 heterocycles. The molecule has 0 aliphatic carbocycles. The van der Waals surface area contributed by atoms with Crippen molar-refractivity contribution < 1.29 is 0 Å². The molecule has 0 spiro atoms. The highest BCUT2D eigenvalue weighted by atomic mass is 79.9. The average molecular weight is 340 g/mol. The lowest BCUT2D eigenvalue weighted by molar-refractivity contribution is 0.670. The summed E-state index contributed by atoms with van der Waals surface area (Å²) in [5.74, 6) is 1.17. The second-order valence-corrected chi connectivity index (χ2v) is 6.49. The van der Waals surface area contributed by atoms with Gasteiger partial charge >= 0.3 is 0 Å². The van der Waals surface area contributed by atoms with Crippen LogP contribution in [0.1, 0.15) is 13.3 Å². The van der Waals surface area contributed by atoms with Crippen molar-refractivity contribution in [2.45, 2.75) is 19.4 Å². The van der Waals surface area contributed by atoms with Crippen LogP contribution in [0.25, 0.3) is 11.0 Å². The van der Waals surface area contributed by atoms with Gasteiger partial charge in [0.2, 0.25) is 0 Å². The number of hydrogen-bond donors (Lipinski definition) is 0. The van der Waals surface area contributed by atoms with E-state index >= 15 is 0 Å². The van der Waals surface area contributed by atoms with E-state index in [2.05, 4.69) is 51.0 Å². The number of rotatable bonds is 5. The average Bonchev–Trinajstić information content (AvgIpc) is 2.42. The number of pyridine rings is 2. The zero-order valence-corrected chi connectivity index (χ0v) is 13.8. The maximum absolute atomic E-state index is 4.51.